The average molecular weight is 385 g/mol. The first-order chi connectivity index (χ1) is 12.9. The molecule has 1 aromatic heterocycles. The van der Waals surface area contributed by atoms with Crippen LogP contribution in [-0.2, 0) is 4.79 Å². The molecule has 7 heteroatoms. The summed E-state index contributed by atoms with van der Waals surface area (Å²) >= 11 is 5.89. The summed E-state index contributed by atoms with van der Waals surface area (Å²) in [6.07, 6.45) is 2.83. The first-order valence-corrected chi connectivity index (χ1v) is 8.85. The number of halogens is 1. The maximum absolute atomic E-state index is 12.5. The maximum Gasteiger partial charge on any atom is 0.263 e. The lowest BCUT2D eigenvalue weighted by molar-refractivity contribution is -0.117. The fourth-order valence-corrected chi connectivity index (χ4v) is 2.58. The number of ether oxygens (including phenoxy) is 1. The number of rotatable bonds is 7. The van der Waals surface area contributed by atoms with Crippen molar-refractivity contribution in [3.8, 4) is 11.8 Å². The molecule has 0 saturated carbocycles. The number of nitriles is 1. The highest BCUT2D eigenvalue weighted by molar-refractivity contribution is 6.30. The van der Waals surface area contributed by atoms with E-state index in [-0.39, 0.29) is 11.6 Å². The van der Waals surface area contributed by atoms with Crippen LogP contribution >= 0.6 is 11.6 Å². The molecule has 6 nitrogen and oxygen atoms in total. The molecule has 0 bridgehead atoms. The van der Waals surface area contributed by atoms with Crippen molar-refractivity contribution in [3.63, 3.8) is 0 Å². The quantitative estimate of drug-likeness (QED) is 0.553. The van der Waals surface area contributed by atoms with Gasteiger partial charge in [0.2, 0.25) is 0 Å². The first-order valence-electron chi connectivity index (χ1n) is 8.47. The van der Waals surface area contributed by atoms with Gasteiger partial charge in [0.05, 0.1) is 12.6 Å². The lowest BCUT2D eigenvalue weighted by Gasteiger charge is -2.18. The van der Waals surface area contributed by atoms with Crippen LogP contribution in [0.15, 0.2) is 48.3 Å². The number of benzene rings is 1. The van der Waals surface area contributed by atoms with E-state index in [1.165, 1.54) is 12.4 Å². The molecule has 140 valence electrons. The first kappa shape index (κ1) is 20.3. The van der Waals surface area contributed by atoms with E-state index in [0.717, 1.165) is 11.1 Å². The zero-order valence-corrected chi connectivity index (χ0v) is 16.2. The molecule has 1 amide bonds. The fourth-order valence-electron chi connectivity index (χ4n) is 2.42. The molecule has 0 aliphatic carbocycles. The van der Waals surface area contributed by atoms with E-state index >= 15 is 0 Å². The van der Waals surface area contributed by atoms with E-state index in [9.17, 15) is 10.1 Å². The highest BCUT2D eigenvalue weighted by Gasteiger charge is 2.17. The molecule has 2 aromatic rings. The fraction of sp³-hybridized carbons (Fsp3) is 0.250. The monoisotopic (exact) mass is 384 g/mol. The van der Waals surface area contributed by atoms with Gasteiger partial charge in [-0.3, -0.25) is 4.79 Å². The number of hydrogen-bond donors (Lipinski definition) is 2. The highest BCUT2D eigenvalue weighted by Crippen LogP contribution is 2.26. The zero-order chi connectivity index (χ0) is 19.8. The number of nitrogens with zero attached hydrogens (tertiary/aromatic N) is 2. The van der Waals surface area contributed by atoms with E-state index in [2.05, 4.69) is 15.6 Å². The maximum atomic E-state index is 12.5. The minimum Gasteiger partial charge on any atom is -0.494 e. The number of aryl methyl sites for hydroxylation is 1. The average Bonchev–Trinajstić information content (AvgIpc) is 2.64. The molecule has 0 saturated heterocycles. The smallest absolute Gasteiger partial charge is 0.263 e. The molecule has 1 heterocycles. The van der Waals surface area contributed by atoms with Crippen LogP contribution in [0.5, 0.6) is 5.75 Å². The Balaban J connectivity index is 2.13. The van der Waals surface area contributed by atoms with Crippen molar-refractivity contribution in [2.45, 2.75) is 26.8 Å². The van der Waals surface area contributed by atoms with Crippen LogP contribution in [-0.4, -0.2) is 17.5 Å². The van der Waals surface area contributed by atoms with E-state index < -0.39 is 5.91 Å². The molecular weight excluding hydrogens is 364 g/mol. The number of carbonyl (C=O) groups excluding carboxylic acids is 1. The molecule has 2 rings (SSSR count). The van der Waals surface area contributed by atoms with E-state index in [1.807, 2.05) is 45.0 Å². The second-order valence-electron chi connectivity index (χ2n) is 5.84. The van der Waals surface area contributed by atoms with Crippen LogP contribution in [0.1, 0.15) is 31.0 Å². The van der Waals surface area contributed by atoms with Crippen LogP contribution in [0.2, 0.25) is 5.02 Å². The van der Waals surface area contributed by atoms with Gasteiger partial charge in [-0.1, -0.05) is 29.3 Å². The lowest BCUT2D eigenvalue weighted by Crippen LogP contribution is -2.28. The number of carbonyl (C=O) groups is 1. The Bertz CT molecular complexity index is 890. The summed E-state index contributed by atoms with van der Waals surface area (Å²) in [5.41, 5.74) is 1.83. The molecule has 0 fully saturated rings. The number of amides is 1. The SMILES string of the molecule is CCOc1ccc(C)cc1C(C)NC(=O)/C(C#N)=C\Nc1cc(Cl)ccn1. The van der Waals surface area contributed by atoms with Crippen LogP contribution in [0.4, 0.5) is 5.82 Å². The van der Waals surface area contributed by atoms with Gasteiger partial charge in [0.1, 0.15) is 23.2 Å². The highest BCUT2D eigenvalue weighted by atomic mass is 35.5. The minimum atomic E-state index is -0.497. The van der Waals surface area contributed by atoms with Crippen molar-refractivity contribution >= 4 is 23.3 Å². The molecule has 0 radical (unpaired) electrons. The van der Waals surface area contributed by atoms with Crippen molar-refractivity contribution in [1.82, 2.24) is 10.3 Å². The van der Waals surface area contributed by atoms with Crippen molar-refractivity contribution in [2.24, 2.45) is 0 Å². The minimum absolute atomic E-state index is 0.0748. The van der Waals surface area contributed by atoms with Crippen molar-refractivity contribution in [1.29, 1.82) is 5.26 Å². The summed E-state index contributed by atoms with van der Waals surface area (Å²) in [4.78, 5) is 16.5. The van der Waals surface area contributed by atoms with E-state index in [1.54, 1.807) is 12.1 Å². The normalized spacial score (nSPS) is 12.0. The number of pyridine rings is 1. The summed E-state index contributed by atoms with van der Waals surface area (Å²) in [5, 5.41) is 15.4. The third-order valence-electron chi connectivity index (χ3n) is 3.73. The third kappa shape index (κ3) is 5.73. The molecule has 2 N–H and O–H groups in total. The Morgan fingerprint density at radius 1 is 1.41 bits per heavy atom. The standard InChI is InChI=1S/C20H21ClN4O2/c1-4-27-18-6-5-13(2)9-17(18)14(3)25-20(26)15(11-22)12-24-19-10-16(21)7-8-23-19/h5-10,12,14H,4H2,1-3H3,(H,23,24)(H,25,26)/b15-12-. The van der Waals surface area contributed by atoms with Gasteiger partial charge < -0.3 is 15.4 Å². The summed E-state index contributed by atoms with van der Waals surface area (Å²) in [5.74, 6) is 0.650. The molecule has 1 atom stereocenters. The van der Waals surface area contributed by atoms with Gasteiger partial charge >= 0.3 is 0 Å². The van der Waals surface area contributed by atoms with Crippen LogP contribution < -0.4 is 15.4 Å². The second kappa shape index (κ2) is 9.60. The van der Waals surface area contributed by atoms with Gasteiger partial charge in [-0.25, -0.2) is 4.98 Å². The molecular formula is C20H21ClN4O2. The van der Waals surface area contributed by atoms with Crippen molar-refractivity contribution in [2.75, 3.05) is 11.9 Å². The van der Waals surface area contributed by atoms with Gasteiger partial charge in [-0.15, -0.1) is 0 Å². The topological polar surface area (TPSA) is 87.0 Å². The van der Waals surface area contributed by atoms with Crippen molar-refractivity contribution < 1.29 is 9.53 Å². The Labute approximate surface area is 163 Å². The number of hydrogen-bond acceptors (Lipinski definition) is 5. The predicted molar refractivity (Wildman–Crippen MR) is 105 cm³/mol. The Kier molecular flexibility index (Phi) is 7.21. The molecule has 0 spiro atoms. The number of aromatic nitrogens is 1. The Morgan fingerprint density at radius 2 is 2.19 bits per heavy atom. The summed E-state index contributed by atoms with van der Waals surface area (Å²) in [6, 6.07) is 10.6. The van der Waals surface area contributed by atoms with Crippen molar-refractivity contribution in [3.05, 3.63) is 64.5 Å². The van der Waals surface area contributed by atoms with E-state index in [0.29, 0.717) is 23.2 Å². The largest absolute Gasteiger partial charge is 0.494 e. The van der Waals surface area contributed by atoms with Gasteiger partial charge in [-0.2, -0.15) is 5.26 Å². The van der Waals surface area contributed by atoms with Crippen LogP contribution in [0, 0.1) is 18.3 Å². The van der Waals surface area contributed by atoms with Gasteiger partial charge in [0.15, 0.2) is 0 Å². The molecule has 27 heavy (non-hydrogen) atoms. The van der Waals surface area contributed by atoms with E-state index in [4.69, 9.17) is 16.3 Å². The second-order valence-corrected chi connectivity index (χ2v) is 6.28. The van der Waals surface area contributed by atoms with Crippen LogP contribution in [0.3, 0.4) is 0 Å². The Morgan fingerprint density at radius 3 is 2.85 bits per heavy atom. The lowest BCUT2D eigenvalue weighted by atomic mass is 10.0. The molecule has 0 aliphatic heterocycles. The summed E-state index contributed by atoms with van der Waals surface area (Å²) < 4.78 is 5.63. The molecule has 1 unspecified atom stereocenters. The molecule has 1 aromatic carbocycles. The predicted octanol–water partition coefficient (Wildman–Crippen LogP) is 4.14. The van der Waals surface area contributed by atoms with Gasteiger partial charge in [0, 0.05) is 23.0 Å². The number of anilines is 1. The van der Waals surface area contributed by atoms with Crippen LogP contribution in [0.25, 0.3) is 0 Å². The van der Waals surface area contributed by atoms with Gasteiger partial charge in [0.25, 0.3) is 5.91 Å². The summed E-state index contributed by atoms with van der Waals surface area (Å²) in [7, 11) is 0. The van der Waals surface area contributed by atoms with Gasteiger partial charge in [-0.05, 0) is 39.0 Å². The molecule has 0 aliphatic rings. The summed E-state index contributed by atoms with van der Waals surface area (Å²) in [6.45, 7) is 6.24. The zero-order valence-electron chi connectivity index (χ0n) is 15.4. The third-order valence-corrected chi connectivity index (χ3v) is 3.97. The number of nitrogens with one attached hydrogen (secondary N) is 2. The Hall–Kier alpha value is -3.04.